The van der Waals surface area contributed by atoms with Crippen LogP contribution in [0, 0.1) is 6.92 Å². The number of hydrogen-bond donors (Lipinski definition) is 2. The Labute approximate surface area is 529 Å². The molecule has 0 radical (unpaired) electrons. The van der Waals surface area contributed by atoms with Crippen LogP contribution in [0.4, 0.5) is 39.5 Å². The van der Waals surface area contributed by atoms with E-state index in [9.17, 15) is 68.3 Å². The monoisotopic (exact) mass is 1450 g/mol. The minimum absolute atomic E-state index is 0. The van der Waals surface area contributed by atoms with E-state index in [2.05, 4.69) is 62.0 Å². The Hall–Kier alpha value is -7.67. The zero-order valence-electron chi connectivity index (χ0n) is 47.1. The fourth-order valence-corrected chi connectivity index (χ4v) is 10.5. The summed E-state index contributed by atoms with van der Waals surface area (Å²) in [6, 6.07) is 20.9. The van der Waals surface area contributed by atoms with Gasteiger partial charge in [0, 0.05) is 88.3 Å². The van der Waals surface area contributed by atoms with Gasteiger partial charge >= 0.3 is 62.0 Å². The van der Waals surface area contributed by atoms with Crippen molar-refractivity contribution in [1.29, 1.82) is 0 Å². The van der Waals surface area contributed by atoms with Gasteiger partial charge in [0.05, 0.1) is 0 Å². The predicted molar refractivity (Wildman–Crippen MR) is 313 cm³/mol. The number of halogens is 12. The Morgan fingerprint density at radius 2 is 0.573 bits per heavy atom. The SMILES string of the molecule is C.CC(=O)OCc1c(-c2ccc(C)cc2)c(COC(C)=O)c(-c2ccc(OC(F)(F)F)cc2)c(COC(C)=O)c1-c1ccc(OC(F)(F)F)cc1.CC(=O)OCc1c(Br)c(COC(C)=O)c(Br)c(COC(C)=O)c1Br.OB(O)c1ccc(OC(F)(F)F)cc1. The van der Waals surface area contributed by atoms with E-state index in [1.807, 2.05) is 6.92 Å². The molecule has 0 fully saturated rings. The summed E-state index contributed by atoms with van der Waals surface area (Å²) >= 11 is 10.3. The second-order valence-electron chi connectivity index (χ2n) is 18.1. The first-order valence-corrected chi connectivity index (χ1v) is 27.5. The molecule has 0 saturated heterocycles. The zero-order chi connectivity index (χ0) is 66.0. The average Bonchev–Trinajstić information content (AvgIpc) is 0.765. The number of benzene rings is 6. The van der Waals surface area contributed by atoms with Crippen molar-refractivity contribution in [3.8, 4) is 50.6 Å². The van der Waals surface area contributed by atoms with E-state index < -0.39 is 99.1 Å². The minimum Gasteiger partial charge on any atom is -0.461 e. The maximum atomic E-state index is 13.0. The molecular weight excluding hydrogens is 1400 g/mol. The van der Waals surface area contributed by atoms with Crippen LogP contribution in [0.1, 0.15) is 87.9 Å². The van der Waals surface area contributed by atoms with Crippen LogP contribution in [0.3, 0.4) is 0 Å². The summed E-state index contributed by atoms with van der Waals surface area (Å²) in [5.74, 6) is -4.82. The largest absolute Gasteiger partial charge is 0.573 e. The molecule has 0 saturated carbocycles. The van der Waals surface area contributed by atoms with Gasteiger partial charge in [0.2, 0.25) is 0 Å². The van der Waals surface area contributed by atoms with Gasteiger partial charge in [-0.25, -0.2) is 0 Å². The first-order valence-electron chi connectivity index (χ1n) is 25.1. The minimum atomic E-state index is -4.98. The highest BCUT2D eigenvalue weighted by molar-refractivity contribution is 9.11. The van der Waals surface area contributed by atoms with Crippen LogP contribution in [-0.4, -0.2) is 72.1 Å². The maximum absolute atomic E-state index is 13.0. The second-order valence-corrected chi connectivity index (χ2v) is 20.5. The van der Waals surface area contributed by atoms with Crippen LogP contribution in [0.25, 0.3) is 33.4 Å². The summed E-state index contributed by atoms with van der Waals surface area (Å²) in [5, 5.41) is 17.3. The van der Waals surface area contributed by atoms with E-state index in [4.69, 9.17) is 38.5 Å². The van der Waals surface area contributed by atoms with E-state index in [0.717, 1.165) is 61.0 Å². The van der Waals surface area contributed by atoms with E-state index in [-0.39, 0.29) is 60.5 Å². The summed E-state index contributed by atoms with van der Waals surface area (Å²) in [6.45, 7) is 8.01. The van der Waals surface area contributed by atoms with Crippen molar-refractivity contribution in [3.05, 3.63) is 149 Å². The lowest BCUT2D eigenvalue weighted by molar-refractivity contribution is -0.275. The molecule has 6 aromatic carbocycles. The van der Waals surface area contributed by atoms with Gasteiger partial charge in [-0.1, -0.05) is 73.7 Å². The molecule has 89 heavy (non-hydrogen) atoms. The fraction of sp³-hybridized carbons (Fsp3) is 0.288. The smallest absolute Gasteiger partial charge is 0.461 e. The van der Waals surface area contributed by atoms with Gasteiger partial charge < -0.3 is 52.7 Å². The predicted octanol–water partition coefficient (Wildman–Crippen LogP) is 14.0. The number of aryl methyl sites for hydroxylation is 1. The van der Waals surface area contributed by atoms with Crippen LogP contribution in [0.5, 0.6) is 17.2 Å². The maximum Gasteiger partial charge on any atom is 0.573 e. The van der Waals surface area contributed by atoms with Gasteiger partial charge in [-0.3, -0.25) is 28.8 Å². The summed E-state index contributed by atoms with van der Waals surface area (Å²) in [7, 11) is -1.70. The van der Waals surface area contributed by atoms with E-state index in [1.54, 1.807) is 24.3 Å². The molecular formula is C59H55BBr3F9O17. The van der Waals surface area contributed by atoms with Crippen molar-refractivity contribution in [2.24, 2.45) is 0 Å². The molecule has 6 rings (SSSR count). The van der Waals surface area contributed by atoms with Crippen molar-refractivity contribution in [2.45, 2.75) is 115 Å². The zero-order valence-corrected chi connectivity index (χ0v) is 51.9. The Morgan fingerprint density at radius 3 is 0.775 bits per heavy atom. The van der Waals surface area contributed by atoms with E-state index in [1.165, 1.54) is 58.9 Å². The summed E-state index contributed by atoms with van der Waals surface area (Å²) in [4.78, 5) is 69.9. The number of carbonyl (C=O) groups excluding carboxylic acids is 6. The van der Waals surface area contributed by atoms with Crippen LogP contribution < -0.4 is 19.7 Å². The Bertz CT molecular complexity index is 3220. The van der Waals surface area contributed by atoms with Crippen molar-refractivity contribution in [1.82, 2.24) is 0 Å². The molecule has 0 aliphatic heterocycles. The Morgan fingerprint density at radius 1 is 0.371 bits per heavy atom. The number of esters is 6. The second kappa shape index (κ2) is 33.8. The van der Waals surface area contributed by atoms with Gasteiger partial charge in [-0.15, -0.1) is 39.5 Å². The lowest BCUT2D eigenvalue weighted by Gasteiger charge is -2.27. The molecule has 480 valence electrons. The summed E-state index contributed by atoms with van der Waals surface area (Å²) < 4.78 is 158. The highest BCUT2D eigenvalue weighted by atomic mass is 79.9. The quantitative estimate of drug-likeness (QED) is 0.0333. The van der Waals surface area contributed by atoms with E-state index >= 15 is 0 Å². The highest BCUT2D eigenvalue weighted by Gasteiger charge is 2.34. The fourth-order valence-electron chi connectivity index (χ4n) is 7.87. The molecule has 0 aromatic heterocycles. The number of hydrogen-bond acceptors (Lipinski definition) is 17. The summed E-state index contributed by atoms with van der Waals surface area (Å²) in [6.07, 6.45) is -14.7. The van der Waals surface area contributed by atoms with Crippen molar-refractivity contribution < 1.29 is 121 Å². The number of alkyl halides is 9. The molecule has 0 aliphatic carbocycles. The normalized spacial score (nSPS) is 11.0. The Balaban J connectivity index is 0.000000436. The van der Waals surface area contributed by atoms with Gasteiger partial charge in [0.15, 0.2) is 0 Å². The van der Waals surface area contributed by atoms with E-state index in [0.29, 0.717) is 52.4 Å². The van der Waals surface area contributed by atoms with Gasteiger partial charge in [-0.2, -0.15) is 0 Å². The third-order valence-electron chi connectivity index (χ3n) is 11.4. The van der Waals surface area contributed by atoms with Crippen molar-refractivity contribution in [2.75, 3.05) is 0 Å². The standard InChI is InChI=1S/C36H30F6O8.C15H15Br3O6.C7H6BF3O3.CH4/c1-20-5-7-24(8-6-20)32-29(17-46-21(2)43)33(25-9-13-27(14-10-25)49-35(37,38)39)31(19-48-23(4)45)34(30(32)18-47-22(3)44)26-11-15-28(16-12-26)50-36(40,41)42;1-7(19)22-4-10-13(16)11(5-23-8(2)20)15(18)12(14(10)17)6-24-9(3)21;9-7(10,11)14-6-3-1-5(2-4-6)8(12)13;/h5-16H,17-19H2,1-4H3;4-6H2,1-3H3;1-4,12-13H;1H4. The lowest BCUT2D eigenvalue weighted by atomic mass is 9.79. The number of ether oxygens (including phenoxy) is 9. The first kappa shape index (κ1) is 75.6. The molecule has 0 heterocycles. The van der Waals surface area contributed by atoms with Crippen molar-refractivity contribution >= 4 is 96.2 Å². The lowest BCUT2D eigenvalue weighted by Crippen LogP contribution is -2.29. The third-order valence-corrected chi connectivity index (χ3v) is 14.3. The highest BCUT2D eigenvalue weighted by Crippen LogP contribution is 2.47. The molecule has 2 N–H and O–H groups in total. The molecule has 0 amide bonds. The third kappa shape index (κ3) is 24.7. The molecule has 0 bridgehead atoms. The molecule has 17 nitrogen and oxygen atoms in total. The van der Waals surface area contributed by atoms with Crippen molar-refractivity contribution in [3.63, 3.8) is 0 Å². The molecule has 0 unspecified atom stereocenters. The van der Waals surface area contributed by atoms with Gasteiger partial charge in [0.1, 0.15) is 56.9 Å². The topological polar surface area (TPSA) is 226 Å². The van der Waals surface area contributed by atoms with Crippen LogP contribution in [0.2, 0.25) is 0 Å². The Kier molecular flexibility index (Phi) is 28.7. The molecule has 0 spiro atoms. The van der Waals surface area contributed by atoms with Gasteiger partial charge in [-0.05, 0) is 130 Å². The average molecular weight is 1460 g/mol. The van der Waals surface area contributed by atoms with Crippen LogP contribution in [-0.2, 0) is 96.8 Å². The number of carbonyl (C=O) groups is 6. The summed E-state index contributed by atoms with van der Waals surface area (Å²) in [5.41, 5.74) is 5.70. The molecule has 0 aliphatic rings. The molecule has 30 heteroatoms. The van der Waals surface area contributed by atoms with Gasteiger partial charge in [0.25, 0.3) is 0 Å². The van der Waals surface area contributed by atoms with Crippen LogP contribution in [0.15, 0.2) is 110 Å². The van der Waals surface area contributed by atoms with Crippen LogP contribution >= 0.6 is 47.8 Å². The molecule has 6 aromatic rings. The molecule has 0 atom stereocenters. The first-order chi connectivity index (χ1) is 40.9. The number of rotatable bonds is 19.